The average molecular weight is 308 g/mol. The molecule has 0 bridgehead atoms. The maximum Gasteiger partial charge on any atom is 0.248 e. The highest BCUT2D eigenvalue weighted by Crippen LogP contribution is 2.19. The van der Waals surface area contributed by atoms with Crippen molar-refractivity contribution in [2.75, 3.05) is 45.8 Å². The van der Waals surface area contributed by atoms with E-state index in [1.807, 2.05) is 32.0 Å². The molecule has 0 aliphatic carbocycles. The van der Waals surface area contributed by atoms with Gasteiger partial charge in [-0.15, -0.1) is 0 Å². The minimum Gasteiger partial charge on any atom is -0.382 e. The molecule has 0 atom stereocenters. The van der Waals surface area contributed by atoms with Gasteiger partial charge < -0.3 is 19.7 Å². The topological polar surface area (TPSA) is 67.9 Å². The fourth-order valence-electron chi connectivity index (χ4n) is 1.91. The number of anilines is 1. The van der Waals surface area contributed by atoms with Crippen LogP contribution in [0.15, 0.2) is 18.2 Å². The number of aryl methyl sites for hydroxylation is 2. The third-order valence-electron chi connectivity index (χ3n) is 3.21. The Kier molecular flexibility index (Phi) is 7.56. The molecule has 0 aliphatic rings. The number of nitrogens with zero attached hydrogens (tertiary/aromatic N) is 1. The van der Waals surface area contributed by atoms with Gasteiger partial charge >= 0.3 is 0 Å². The number of hydrogen-bond donors (Lipinski definition) is 1. The van der Waals surface area contributed by atoms with Crippen molar-refractivity contribution in [1.82, 2.24) is 4.90 Å². The summed E-state index contributed by atoms with van der Waals surface area (Å²) in [6.45, 7) is 4.58. The van der Waals surface area contributed by atoms with Gasteiger partial charge in [-0.05, 0) is 25.0 Å². The highest BCUT2D eigenvalue weighted by molar-refractivity contribution is 5.95. The van der Waals surface area contributed by atoms with E-state index in [9.17, 15) is 9.59 Å². The van der Waals surface area contributed by atoms with E-state index < -0.39 is 0 Å². The molecule has 0 aliphatic heterocycles. The number of benzene rings is 1. The second-order valence-corrected chi connectivity index (χ2v) is 5.11. The Morgan fingerprint density at radius 2 is 1.82 bits per heavy atom. The summed E-state index contributed by atoms with van der Waals surface area (Å²) in [4.78, 5) is 25.2. The smallest absolute Gasteiger partial charge is 0.248 e. The van der Waals surface area contributed by atoms with Gasteiger partial charge in [-0.3, -0.25) is 9.59 Å². The second kappa shape index (κ2) is 9.17. The number of carbonyl (C=O) groups excluding carboxylic acids is 2. The van der Waals surface area contributed by atoms with E-state index in [0.29, 0.717) is 13.2 Å². The number of likely N-dealkylation sites (N-methyl/N-ethyl adjacent to an activating group) is 1. The third kappa shape index (κ3) is 5.83. The van der Waals surface area contributed by atoms with Crippen LogP contribution in [-0.4, -0.2) is 57.2 Å². The quantitative estimate of drug-likeness (QED) is 0.736. The maximum absolute atomic E-state index is 12.0. The largest absolute Gasteiger partial charge is 0.382 e. The molecular formula is C16H24N2O4. The number of amides is 2. The number of nitrogens with one attached hydrogen (secondary N) is 1. The molecule has 22 heavy (non-hydrogen) atoms. The number of rotatable bonds is 8. The first-order valence-corrected chi connectivity index (χ1v) is 7.12. The summed E-state index contributed by atoms with van der Waals surface area (Å²) in [5.41, 5.74) is 2.78. The molecule has 0 fully saturated rings. The zero-order valence-corrected chi connectivity index (χ0v) is 13.6. The molecule has 0 radical (unpaired) electrons. The highest BCUT2D eigenvalue weighted by atomic mass is 16.5. The van der Waals surface area contributed by atoms with E-state index in [1.54, 1.807) is 14.2 Å². The van der Waals surface area contributed by atoms with Gasteiger partial charge in [0.15, 0.2) is 0 Å². The van der Waals surface area contributed by atoms with Crippen LogP contribution >= 0.6 is 0 Å². The van der Waals surface area contributed by atoms with E-state index >= 15 is 0 Å². The first-order chi connectivity index (χ1) is 10.5. The van der Waals surface area contributed by atoms with E-state index in [1.165, 1.54) is 4.90 Å². The molecular weight excluding hydrogens is 284 g/mol. The summed E-state index contributed by atoms with van der Waals surface area (Å²) in [7, 11) is 3.14. The number of methoxy groups -OCH3 is 1. The molecule has 0 saturated heterocycles. The Morgan fingerprint density at radius 1 is 1.18 bits per heavy atom. The second-order valence-electron chi connectivity index (χ2n) is 5.11. The summed E-state index contributed by atoms with van der Waals surface area (Å²) in [6.07, 6.45) is 0. The molecule has 6 nitrogen and oxygen atoms in total. The Morgan fingerprint density at radius 3 is 2.41 bits per heavy atom. The van der Waals surface area contributed by atoms with E-state index in [4.69, 9.17) is 9.47 Å². The monoisotopic (exact) mass is 308 g/mol. The molecule has 122 valence electrons. The predicted molar refractivity (Wildman–Crippen MR) is 84.9 cm³/mol. The maximum atomic E-state index is 12.0. The summed E-state index contributed by atoms with van der Waals surface area (Å²) in [5.74, 6) is -0.474. The number of ether oxygens (including phenoxy) is 2. The fourth-order valence-corrected chi connectivity index (χ4v) is 1.91. The van der Waals surface area contributed by atoms with Gasteiger partial charge in [0.1, 0.15) is 6.61 Å². The summed E-state index contributed by atoms with van der Waals surface area (Å²) in [5, 5.41) is 2.85. The Labute approximate surface area is 131 Å². The van der Waals surface area contributed by atoms with Gasteiger partial charge in [0, 0.05) is 19.8 Å². The molecule has 1 N–H and O–H groups in total. The highest BCUT2D eigenvalue weighted by Gasteiger charge is 2.14. The van der Waals surface area contributed by atoms with Crippen molar-refractivity contribution in [3.8, 4) is 0 Å². The molecule has 0 spiro atoms. The summed E-state index contributed by atoms with van der Waals surface area (Å²) < 4.78 is 9.97. The van der Waals surface area contributed by atoms with Gasteiger partial charge in [0.05, 0.1) is 19.8 Å². The molecule has 2 amide bonds. The average Bonchev–Trinajstić information content (AvgIpc) is 2.47. The van der Waals surface area contributed by atoms with Crippen LogP contribution in [0.3, 0.4) is 0 Å². The molecule has 1 aromatic rings. The summed E-state index contributed by atoms with van der Waals surface area (Å²) >= 11 is 0. The molecule has 1 aromatic carbocycles. The Balaban J connectivity index is 2.45. The lowest BCUT2D eigenvalue weighted by atomic mass is 10.1. The van der Waals surface area contributed by atoms with E-state index in [-0.39, 0.29) is 25.0 Å². The zero-order chi connectivity index (χ0) is 16.5. The van der Waals surface area contributed by atoms with Crippen LogP contribution in [-0.2, 0) is 19.1 Å². The molecule has 0 aromatic heterocycles. The predicted octanol–water partition coefficient (Wildman–Crippen LogP) is 1.36. The SMILES string of the molecule is COCCOCC(=O)N(C)CC(=O)Nc1c(C)cccc1C. The van der Waals surface area contributed by atoms with Crippen LogP contribution < -0.4 is 5.32 Å². The lowest BCUT2D eigenvalue weighted by Gasteiger charge is -2.18. The third-order valence-corrected chi connectivity index (χ3v) is 3.21. The van der Waals surface area contributed by atoms with Crippen molar-refractivity contribution in [3.05, 3.63) is 29.3 Å². The lowest BCUT2D eigenvalue weighted by molar-refractivity contribution is -0.137. The van der Waals surface area contributed by atoms with Gasteiger partial charge in [0.25, 0.3) is 0 Å². The first kappa shape index (κ1) is 18.1. The normalized spacial score (nSPS) is 10.4. The molecule has 6 heteroatoms. The van der Waals surface area contributed by atoms with Crippen molar-refractivity contribution >= 4 is 17.5 Å². The van der Waals surface area contributed by atoms with Gasteiger partial charge in [-0.25, -0.2) is 0 Å². The standard InChI is InChI=1S/C16H24N2O4/c1-12-6-5-7-13(2)16(12)17-14(19)10-18(3)15(20)11-22-9-8-21-4/h5-7H,8-11H2,1-4H3,(H,17,19). The van der Waals surface area contributed by atoms with Gasteiger partial charge in [-0.1, -0.05) is 18.2 Å². The minimum atomic E-state index is -0.243. The number of carbonyl (C=O) groups is 2. The van der Waals surface area contributed by atoms with Gasteiger partial charge in [0.2, 0.25) is 11.8 Å². The Bertz CT molecular complexity index is 497. The van der Waals surface area contributed by atoms with Gasteiger partial charge in [-0.2, -0.15) is 0 Å². The van der Waals surface area contributed by atoms with Crippen molar-refractivity contribution in [3.63, 3.8) is 0 Å². The Hall–Kier alpha value is -1.92. The van der Waals surface area contributed by atoms with E-state index in [2.05, 4.69) is 5.32 Å². The minimum absolute atomic E-state index is 0.0136. The number of para-hydroxylation sites is 1. The number of hydrogen-bond acceptors (Lipinski definition) is 4. The lowest BCUT2D eigenvalue weighted by Crippen LogP contribution is -2.37. The molecule has 0 saturated carbocycles. The van der Waals surface area contributed by atoms with Crippen molar-refractivity contribution in [2.45, 2.75) is 13.8 Å². The zero-order valence-electron chi connectivity index (χ0n) is 13.6. The van der Waals surface area contributed by atoms with Crippen molar-refractivity contribution in [2.24, 2.45) is 0 Å². The molecule has 1 rings (SSSR count). The van der Waals surface area contributed by atoms with Crippen LogP contribution in [0.5, 0.6) is 0 Å². The van der Waals surface area contributed by atoms with Crippen LogP contribution in [0.25, 0.3) is 0 Å². The summed E-state index contributed by atoms with van der Waals surface area (Å²) in [6, 6.07) is 5.80. The van der Waals surface area contributed by atoms with Crippen molar-refractivity contribution < 1.29 is 19.1 Å². The van der Waals surface area contributed by atoms with Crippen LogP contribution in [0, 0.1) is 13.8 Å². The van der Waals surface area contributed by atoms with Crippen LogP contribution in [0.1, 0.15) is 11.1 Å². The molecule has 0 heterocycles. The first-order valence-electron chi connectivity index (χ1n) is 7.12. The van der Waals surface area contributed by atoms with E-state index in [0.717, 1.165) is 16.8 Å². The molecule has 0 unspecified atom stereocenters. The fraction of sp³-hybridized carbons (Fsp3) is 0.500. The van der Waals surface area contributed by atoms with Crippen LogP contribution in [0.2, 0.25) is 0 Å². The van der Waals surface area contributed by atoms with Crippen LogP contribution in [0.4, 0.5) is 5.69 Å². The van der Waals surface area contributed by atoms with Crippen molar-refractivity contribution in [1.29, 1.82) is 0 Å².